The second kappa shape index (κ2) is 4.59. The molecule has 0 radical (unpaired) electrons. The zero-order chi connectivity index (χ0) is 12.6. The summed E-state index contributed by atoms with van der Waals surface area (Å²) in [4.78, 5) is 14.7. The number of hydrogen-bond donors (Lipinski definition) is 2. The Labute approximate surface area is 98.0 Å². The van der Waals surface area contributed by atoms with Gasteiger partial charge in [-0.3, -0.25) is 4.79 Å². The number of aliphatic hydroxyl groups is 2. The summed E-state index contributed by atoms with van der Waals surface area (Å²) in [5.41, 5.74) is 0. The van der Waals surface area contributed by atoms with Crippen LogP contribution in [-0.4, -0.2) is 59.3 Å². The van der Waals surface area contributed by atoms with E-state index >= 15 is 0 Å². The highest BCUT2D eigenvalue weighted by molar-refractivity contribution is 5.75. The maximum Gasteiger partial charge on any atom is 0.302 e. The fraction of sp³-hybridized carbons (Fsp3) is 0.800. The molecule has 2 rings (SSSR count). The Balaban J connectivity index is 2.01. The molecular weight excluding hydrogens is 230 g/mol. The Morgan fingerprint density at radius 2 is 2.18 bits per heavy atom. The van der Waals surface area contributed by atoms with Gasteiger partial charge < -0.3 is 24.4 Å². The molecule has 0 aromatic rings. The topological polar surface area (TPSA) is 97.6 Å². The summed E-state index contributed by atoms with van der Waals surface area (Å²) in [5, 5.41) is 19.6. The molecule has 0 spiro atoms. The molecule has 17 heavy (non-hydrogen) atoms. The Morgan fingerprint density at radius 3 is 2.82 bits per heavy atom. The number of carbonyl (C=O) groups excluding carboxylic acids is 1. The van der Waals surface area contributed by atoms with Crippen molar-refractivity contribution >= 4 is 11.9 Å². The minimum Gasteiger partial charge on any atom is -0.463 e. The fourth-order valence-corrected chi connectivity index (χ4v) is 1.90. The number of nitrogens with zero attached hydrogens (tertiary/aromatic N) is 1. The monoisotopic (exact) mass is 245 g/mol. The number of fused-ring (bicyclic) bond motifs is 1. The van der Waals surface area contributed by atoms with Crippen molar-refractivity contribution in [2.45, 2.75) is 44.5 Å². The third kappa shape index (κ3) is 2.41. The van der Waals surface area contributed by atoms with Crippen LogP contribution in [0.15, 0.2) is 4.99 Å². The van der Waals surface area contributed by atoms with Gasteiger partial charge in [-0.1, -0.05) is 0 Å². The van der Waals surface area contributed by atoms with Gasteiger partial charge in [0.25, 0.3) is 0 Å². The standard InChI is InChI=1S/C10H15NO6/c1-4-11-7-9(14)8(13)6(3-15-5(2)12)17-10(7)16-4/h6-10,13-14H,3H2,1-2H3/t6?,7-,8?,9?,10?/m0/s1. The van der Waals surface area contributed by atoms with Gasteiger partial charge in [0, 0.05) is 13.8 Å². The van der Waals surface area contributed by atoms with Crippen LogP contribution in [0.4, 0.5) is 0 Å². The van der Waals surface area contributed by atoms with Crippen molar-refractivity contribution in [1.29, 1.82) is 0 Å². The molecule has 0 saturated carbocycles. The predicted molar refractivity (Wildman–Crippen MR) is 55.3 cm³/mol. The lowest BCUT2D eigenvalue weighted by molar-refractivity contribution is -0.236. The summed E-state index contributed by atoms with van der Waals surface area (Å²) in [6.45, 7) is 2.77. The molecule has 0 bridgehead atoms. The molecule has 2 heterocycles. The summed E-state index contributed by atoms with van der Waals surface area (Å²) < 4.78 is 15.4. The molecule has 0 amide bonds. The lowest BCUT2D eigenvalue weighted by Crippen LogP contribution is -2.57. The van der Waals surface area contributed by atoms with Crippen molar-refractivity contribution in [3.63, 3.8) is 0 Å². The largest absolute Gasteiger partial charge is 0.463 e. The molecule has 0 aliphatic carbocycles. The summed E-state index contributed by atoms with van der Waals surface area (Å²) in [7, 11) is 0. The van der Waals surface area contributed by atoms with Crippen LogP contribution in [0.25, 0.3) is 0 Å². The van der Waals surface area contributed by atoms with Gasteiger partial charge in [-0.15, -0.1) is 0 Å². The zero-order valence-corrected chi connectivity index (χ0v) is 9.57. The van der Waals surface area contributed by atoms with Crippen LogP contribution in [0.3, 0.4) is 0 Å². The maximum atomic E-state index is 10.7. The fourth-order valence-electron chi connectivity index (χ4n) is 1.90. The molecular formula is C10H15NO6. The molecule has 2 aliphatic rings. The molecule has 1 fully saturated rings. The van der Waals surface area contributed by atoms with Gasteiger partial charge in [-0.25, -0.2) is 4.99 Å². The van der Waals surface area contributed by atoms with E-state index in [1.54, 1.807) is 6.92 Å². The van der Waals surface area contributed by atoms with E-state index in [1.165, 1.54) is 6.92 Å². The second-order valence-corrected chi connectivity index (χ2v) is 4.08. The van der Waals surface area contributed by atoms with Crippen LogP contribution < -0.4 is 0 Å². The van der Waals surface area contributed by atoms with Crippen LogP contribution >= 0.6 is 0 Å². The number of aliphatic imine (C=N–C) groups is 1. The average molecular weight is 245 g/mol. The number of aliphatic hydroxyl groups excluding tert-OH is 2. The molecule has 0 aromatic carbocycles. The van der Waals surface area contributed by atoms with Gasteiger partial charge in [0.2, 0.25) is 6.29 Å². The Bertz CT molecular complexity index is 344. The second-order valence-electron chi connectivity index (χ2n) is 4.08. The highest BCUT2D eigenvalue weighted by Gasteiger charge is 2.48. The molecule has 5 atom stereocenters. The molecule has 7 nitrogen and oxygen atoms in total. The van der Waals surface area contributed by atoms with E-state index in [0.29, 0.717) is 5.90 Å². The molecule has 2 N–H and O–H groups in total. The van der Waals surface area contributed by atoms with E-state index in [4.69, 9.17) is 14.2 Å². The summed E-state index contributed by atoms with van der Waals surface area (Å²) in [5.74, 6) is -0.0726. The Kier molecular flexibility index (Phi) is 3.32. The quantitative estimate of drug-likeness (QED) is 0.594. The third-order valence-electron chi connectivity index (χ3n) is 2.74. The van der Waals surface area contributed by atoms with Crippen molar-refractivity contribution in [2.24, 2.45) is 4.99 Å². The number of ether oxygens (including phenoxy) is 3. The van der Waals surface area contributed by atoms with Crippen LogP contribution in [-0.2, 0) is 19.0 Å². The Morgan fingerprint density at radius 1 is 1.47 bits per heavy atom. The summed E-state index contributed by atoms with van der Waals surface area (Å²) in [6, 6.07) is -0.626. The summed E-state index contributed by atoms with van der Waals surface area (Å²) >= 11 is 0. The van der Waals surface area contributed by atoms with Crippen molar-refractivity contribution < 1.29 is 29.2 Å². The van der Waals surface area contributed by atoms with Gasteiger partial charge in [-0.05, 0) is 0 Å². The molecule has 2 aliphatic heterocycles. The summed E-state index contributed by atoms with van der Waals surface area (Å²) in [6.07, 6.45) is -3.79. The van der Waals surface area contributed by atoms with E-state index in [9.17, 15) is 15.0 Å². The molecule has 96 valence electrons. The highest BCUT2D eigenvalue weighted by atomic mass is 16.7. The first kappa shape index (κ1) is 12.3. The first-order chi connectivity index (χ1) is 7.99. The SMILES string of the molecule is CC(=O)OCC1OC2OC(C)=N[C@H]2C(O)C1O. The first-order valence-electron chi connectivity index (χ1n) is 5.35. The van der Waals surface area contributed by atoms with Gasteiger partial charge >= 0.3 is 5.97 Å². The molecule has 1 saturated heterocycles. The number of carbonyl (C=O) groups is 1. The molecule has 4 unspecified atom stereocenters. The van der Waals surface area contributed by atoms with Crippen molar-refractivity contribution in [3.8, 4) is 0 Å². The van der Waals surface area contributed by atoms with E-state index in [2.05, 4.69) is 4.99 Å². The zero-order valence-electron chi connectivity index (χ0n) is 9.57. The van der Waals surface area contributed by atoms with Crippen LogP contribution in [0, 0.1) is 0 Å². The van der Waals surface area contributed by atoms with Crippen molar-refractivity contribution in [2.75, 3.05) is 6.61 Å². The number of esters is 1. The van der Waals surface area contributed by atoms with Gasteiger partial charge in [0.15, 0.2) is 5.90 Å². The minimum atomic E-state index is -1.16. The van der Waals surface area contributed by atoms with Gasteiger partial charge in [0.05, 0.1) is 0 Å². The average Bonchev–Trinajstić information content (AvgIpc) is 2.62. The van der Waals surface area contributed by atoms with E-state index in [-0.39, 0.29) is 6.61 Å². The van der Waals surface area contributed by atoms with Crippen molar-refractivity contribution in [1.82, 2.24) is 0 Å². The van der Waals surface area contributed by atoms with Gasteiger partial charge in [0.1, 0.15) is 31.0 Å². The van der Waals surface area contributed by atoms with Crippen LogP contribution in [0.1, 0.15) is 13.8 Å². The number of rotatable bonds is 2. The van der Waals surface area contributed by atoms with Crippen LogP contribution in [0.5, 0.6) is 0 Å². The van der Waals surface area contributed by atoms with E-state index in [1.807, 2.05) is 0 Å². The normalized spacial score (nSPS) is 40.2. The van der Waals surface area contributed by atoms with E-state index < -0.39 is 36.6 Å². The molecule has 0 aromatic heterocycles. The number of hydrogen-bond acceptors (Lipinski definition) is 7. The maximum absolute atomic E-state index is 10.7. The van der Waals surface area contributed by atoms with Crippen molar-refractivity contribution in [3.05, 3.63) is 0 Å². The smallest absolute Gasteiger partial charge is 0.302 e. The lowest BCUT2D eigenvalue weighted by atomic mass is 9.98. The highest BCUT2D eigenvalue weighted by Crippen LogP contribution is 2.28. The van der Waals surface area contributed by atoms with Gasteiger partial charge in [-0.2, -0.15) is 0 Å². The van der Waals surface area contributed by atoms with Crippen LogP contribution in [0.2, 0.25) is 0 Å². The molecule has 7 heteroatoms. The lowest BCUT2D eigenvalue weighted by Gasteiger charge is -2.37. The first-order valence-corrected chi connectivity index (χ1v) is 5.35. The Hall–Kier alpha value is -1.18. The predicted octanol–water partition coefficient (Wildman–Crippen LogP) is -1.19. The minimum absolute atomic E-state index is 0.126. The van der Waals surface area contributed by atoms with E-state index in [0.717, 1.165) is 0 Å². The third-order valence-corrected chi connectivity index (χ3v) is 2.74.